The number of benzene rings is 2. The summed E-state index contributed by atoms with van der Waals surface area (Å²) in [4.78, 5) is 29.3. The van der Waals surface area contributed by atoms with Crippen molar-refractivity contribution in [3.8, 4) is 0 Å². The normalized spacial score (nSPS) is 11.2. The Labute approximate surface area is 193 Å². The summed E-state index contributed by atoms with van der Waals surface area (Å²) in [5, 5.41) is 0.991. The van der Waals surface area contributed by atoms with Gasteiger partial charge in [-0.25, -0.2) is 4.79 Å². The monoisotopic (exact) mass is 438 g/mol. The number of para-hydroxylation sites is 1. The lowest BCUT2D eigenvalue weighted by Crippen LogP contribution is -2.14. The largest absolute Gasteiger partial charge is 0.454 e. The van der Waals surface area contributed by atoms with E-state index in [1.54, 1.807) is 12.3 Å². The average Bonchev–Trinajstić information content (AvgIpc) is 3.13. The van der Waals surface area contributed by atoms with E-state index in [1.165, 1.54) is 11.6 Å². The fraction of sp³-hybridized carbons (Fsp3) is 0.179. The van der Waals surface area contributed by atoms with Crippen molar-refractivity contribution >= 4 is 28.7 Å². The number of carbonyl (C=O) groups excluding carboxylic acids is 2. The van der Waals surface area contributed by atoms with Crippen LogP contribution in [0.5, 0.6) is 0 Å². The van der Waals surface area contributed by atoms with Crippen LogP contribution < -0.4 is 0 Å². The van der Waals surface area contributed by atoms with Crippen molar-refractivity contribution in [1.29, 1.82) is 0 Å². The number of ether oxygens (including phenoxy) is 1. The fourth-order valence-corrected chi connectivity index (χ4v) is 4.00. The van der Waals surface area contributed by atoms with Crippen LogP contribution in [0.4, 0.5) is 0 Å². The van der Waals surface area contributed by atoms with Gasteiger partial charge in [0.05, 0.1) is 5.52 Å². The van der Waals surface area contributed by atoms with Crippen molar-refractivity contribution in [3.63, 3.8) is 0 Å². The summed E-state index contributed by atoms with van der Waals surface area (Å²) < 4.78 is 7.35. The van der Waals surface area contributed by atoms with Gasteiger partial charge in [0.25, 0.3) is 0 Å². The maximum absolute atomic E-state index is 12.7. The lowest BCUT2D eigenvalue weighted by molar-refractivity contribution is -0.136. The molecule has 0 N–H and O–H groups in total. The molecule has 4 rings (SSSR count). The minimum atomic E-state index is -0.561. The van der Waals surface area contributed by atoms with Crippen LogP contribution in [-0.2, 0) is 22.5 Å². The molecule has 5 heteroatoms. The number of rotatable bonds is 8. The number of pyridine rings is 1. The predicted molar refractivity (Wildman–Crippen MR) is 130 cm³/mol. The third kappa shape index (κ3) is 5.26. The number of esters is 1. The first-order chi connectivity index (χ1) is 16.0. The molecule has 0 amide bonds. The van der Waals surface area contributed by atoms with Crippen molar-refractivity contribution in [2.24, 2.45) is 0 Å². The van der Waals surface area contributed by atoms with Gasteiger partial charge in [-0.2, -0.15) is 0 Å². The number of fused-ring (bicyclic) bond motifs is 1. The number of hydrogen-bond donors (Lipinski definition) is 0. The Balaban J connectivity index is 1.37. The molecule has 0 bridgehead atoms. The van der Waals surface area contributed by atoms with Gasteiger partial charge in [0.1, 0.15) is 0 Å². The molecule has 2 heterocycles. The second-order valence-electron chi connectivity index (χ2n) is 7.96. The molecule has 0 unspecified atom stereocenters. The van der Waals surface area contributed by atoms with E-state index in [1.807, 2.05) is 68.4 Å². The smallest absolute Gasteiger partial charge is 0.331 e. The van der Waals surface area contributed by atoms with Crippen molar-refractivity contribution in [3.05, 3.63) is 107 Å². The molecule has 0 spiro atoms. The highest BCUT2D eigenvalue weighted by Gasteiger charge is 2.17. The summed E-state index contributed by atoms with van der Waals surface area (Å²) in [5.41, 5.74) is 5.38. The van der Waals surface area contributed by atoms with E-state index in [4.69, 9.17) is 4.74 Å². The second kappa shape index (κ2) is 10.1. The zero-order valence-corrected chi connectivity index (χ0v) is 18.8. The van der Waals surface area contributed by atoms with Gasteiger partial charge in [-0.1, -0.05) is 54.6 Å². The van der Waals surface area contributed by atoms with Crippen molar-refractivity contribution in [2.75, 3.05) is 6.61 Å². The molecule has 0 saturated heterocycles. The molecule has 5 nitrogen and oxygen atoms in total. The van der Waals surface area contributed by atoms with E-state index < -0.39 is 5.97 Å². The number of nitrogens with zero attached hydrogens (tertiary/aromatic N) is 2. The number of carbonyl (C=O) groups is 2. The van der Waals surface area contributed by atoms with Crippen molar-refractivity contribution in [1.82, 2.24) is 9.55 Å². The molecule has 0 radical (unpaired) electrons. The van der Waals surface area contributed by atoms with Crippen LogP contribution in [0.2, 0.25) is 0 Å². The molecule has 33 heavy (non-hydrogen) atoms. The zero-order chi connectivity index (χ0) is 23.2. The summed E-state index contributed by atoms with van der Waals surface area (Å²) in [7, 11) is 0. The molecule has 0 atom stereocenters. The van der Waals surface area contributed by atoms with Gasteiger partial charge in [0, 0.05) is 46.7 Å². The summed E-state index contributed by atoms with van der Waals surface area (Å²) in [5.74, 6) is -0.767. The first-order valence-electron chi connectivity index (χ1n) is 11.0. The molecular weight excluding hydrogens is 412 g/mol. The molecular formula is C28H26N2O3. The number of aromatic nitrogens is 2. The quantitative estimate of drug-likeness (QED) is 0.212. The van der Waals surface area contributed by atoms with E-state index in [9.17, 15) is 9.59 Å². The lowest BCUT2D eigenvalue weighted by atomic mass is 10.1. The van der Waals surface area contributed by atoms with Crippen LogP contribution in [0.25, 0.3) is 17.0 Å². The van der Waals surface area contributed by atoms with Gasteiger partial charge in [0.2, 0.25) is 5.78 Å². The summed E-state index contributed by atoms with van der Waals surface area (Å²) in [6, 6.07) is 21.7. The van der Waals surface area contributed by atoms with Gasteiger partial charge in [-0.3, -0.25) is 9.78 Å². The second-order valence-corrected chi connectivity index (χ2v) is 7.96. The first-order valence-corrected chi connectivity index (χ1v) is 11.0. The number of Topliss-reactive ketones (excluding diaryl/α,β-unsaturated/α-hetero) is 1. The van der Waals surface area contributed by atoms with Gasteiger partial charge in [-0.15, -0.1) is 0 Å². The van der Waals surface area contributed by atoms with E-state index >= 15 is 0 Å². The number of aryl methyl sites for hydroxylation is 2. The Kier molecular flexibility index (Phi) is 6.79. The molecule has 0 fully saturated rings. The Hall–Kier alpha value is -3.99. The lowest BCUT2D eigenvalue weighted by Gasteiger charge is -2.10. The molecule has 0 aliphatic heterocycles. The van der Waals surface area contributed by atoms with E-state index in [2.05, 4.69) is 21.7 Å². The number of ketones is 1. The maximum Gasteiger partial charge on any atom is 0.331 e. The minimum absolute atomic E-state index is 0.206. The van der Waals surface area contributed by atoms with E-state index in [0.29, 0.717) is 5.56 Å². The SMILES string of the molecule is Cc1cc(C(=O)COC(=O)/C=C/c2cccc3cccnc23)c(C)n1CCc1ccccc1. The summed E-state index contributed by atoms with van der Waals surface area (Å²) in [6.45, 7) is 4.42. The van der Waals surface area contributed by atoms with Crippen LogP contribution >= 0.6 is 0 Å². The standard InChI is InChI=1S/C28H26N2O3/c1-20-18-25(21(2)30(20)17-15-22-8-4-3-5-9-22)26(31)19-33-27(32)14-13-24-11-6-10-23-12-7-16-29-28(23)24/h3-14,16,18H,15,17,19H2,1-2H3/b14-13+. The maximum atomic E-state index is 12.7. The topological polar surface area (TPSA) is 61.2 Å². The highest BCUT2D eigenvalue weighted by Crippen LogP contribution is 2.18. The van der Waals surface area contributed by atoms with Gasteiger partial charge in [-0.05, 0) is 44.0 Å². The highest BCUT2D eigenvalue weighted by atomic mass is 16.5. The van der Waals surface area contributed by atoms with Crippen LogP contribution in [0.3, 0.4) is 0 Å². The first kappa shape index (κ1) is 22.2. The van der Waals surface area contributed by atoms with Gasteiger partial charge >= 0.3 is 5.97 Å². The Morgan fingerprint density at radius 2 is 1.79 bits per heavy atom. The average molecular weight is 439 g/mol. The van der Waals surface area contributed by atoms with Crippen LogP contribution in [0.1, 0.15) is 32.9 Å². The fourth-order valence-electron chi connectivity index (χ4n) is 4.00. The third-order valence-electron chi connectivity index (χ3n) is 5.75. The molecule has 2 aromatic heterocycles. The predicted octanol–water partition coefficient (Wildman–Crippen LogP) is 5.34. The molecule has 0 aliphatic carbocycles. The van der Waals surface area contributed by atoms with E-state index in [-0.39, 0.29) is 12.4 Å². The summed E-state index contributed by atoms with van der Waals surface area (Å²) in [6.07, 6.45) is 5.60. The number of hydrogen-bond acceptors (Lipinski definition) is 4. The van der Waals surface area contributed by atoms with Gasteiger partial charge in [0.15, 0.2) is 6.61 Å². The minimum Gasteiger partial charge on any atom is -0.454 e. The van der Waals surface area contributed by atoms with Crippen molar-refractivity contribution in [2.45, 2.75) is 26.8 Å². The summed E-state index contributed by atoms with van der Waals surface area (Å²) >= 11 is 0. The van der Waals surface area contributed by atoms with Crippen molar-refractivity contribution < 1.29 is 14.3 Å². The molecule has 2 aromatic carbocycles. The third-order valence-corrected chi connectivity index (χ3v) is 5.75. The van der Waals surface area contributed by atoms with E-state index in [0.717, 1.165) is 40.8 Å². The Morgan fingerprint density at radius 3 is 2.61 bits per heavy atom. The Bertz CT molecular complexity index is 1310. The Morgan fingerprint density at radius 1 is 1.00 bits per heavy atom. The van der Waals surface area contributed by atoms with Crippen LogP contribution in [-0.4, -0.2) is 27.9 Å². The molecule has 4 aromatic rings. The molecule has 166 valence electrons. The molecule has 0 saturated carbocycles. The highest BCUT2D eigenvalue weighted by molar-refractivity contribution is 6.00. The molecule has 0 aliphatic rings. The zero-order valence-electron chi connectivity index (χ0n) is 18.8. The van der Waals surface area contributed by atoms with Crippen LogP contribution in [0.15, 0.2) is 79.0 Å². The van der Waals surface area contributed by atoms with Crippen LogP contribution in [0, 0.1) is 13.8 Å². The van der Waals surface area contributed by atoms with Gasteiger partial charge < -0.3 is 9.30 Å².